The molecule has 0 radical (unpaired) electrons. The molecule has 1 saturated carbocycles. The standard InChI is InChI=1S/C18H21N3O3/c1-13-11-14(5-6-15(13)21-10-4-9-19-21)17(24)20-18(12-16(22)23)7-2-3-8-18/h4-6,9-11H,2-3,7-8,12H2,1H3,(H,20,24)(H,22,23). The van der Waals surface area contributed by atoms with Crippen LogP contribution in [-0.2, 0) is 4.79 Å². The predicted octanol–water partition coefficient (Wildman–Crippen LogP) is 2.70. The Morgan fingerprint density at radius 2 is 2.08 bits per heavy atom. The molecule has 1 aliphatic rings. The van der Waals surface area contributed by atoms with E-state index < -0.39 is 11.5 Å². The molecular formula is C18H21N3O3. The molecule has 1 amide bonds. The highest BCUT2D eigenvalue weighted by molar-refractivity contribution is 5.95. The van der Waals surface area contributed by atoms with Crippen molar-refractivity contribution in [1.29, 1.82) is 0 Å². The van der Waals surface area contributed by atoms with Crippen LogP contribution in [0.25, 0.3) is 5.69 Å². The quantitative estimate of drug-likeness (QED) is 0.884. The number of hydrogen-bond acceptors (Lipinski definition) is 3. The van der Waals surface area contributed by atoms with Crippen LogP contribution in [0.2, 0.25) is 0 Å². The van der Waals surface area contributed by atoms with Crippen molar-refractivity contribution in [3.05, 3.63) is 47.8 Å². The van der Waals surface area contributed by atoms with E-state index in [0.717, 1.165) is 36.9 Å². The summed E-state index contributed by atoms with van der Waals surface area (Å²) in [4.78, 5) is 23.8. The molecule has 0 aliphatic heterocycles. The Balaban J connectivity index is 1.80. The molecule has 2 aromatic rings. The van der Waals surface area contributed by atoms with Gasteiger partial charge in [0.05, 0.1) is 17.6 Å². The summed E-state index contributed by atoms with van der Waals surface area (Å²) < 4.78 is 1.75. The zero-order valence-corrected chi connectivity index (χ0v) is 13.7. The zero-order valence-electron chi connectivity index (χ0n) is 13.7. The lowest BCUT2D eigenvalue weighted by Gasteiger charge is -2.28. The summed E-state index contributed by atoms with van der Waals surface area (Å²) in [5.41, 5.74) is 1.78. The fraction of sp³-hybridized carbons (Fsp3) is 0.389. The molecule has 0 spiro atoms. The van der Waals surface area contributed by atoms with Crippen molar-refractivity contribution in [2.45, 2.75) is 44.6 Å². The van der Waals surface area contributed by atoms with E-state index in [1.807, 2.05) is 31.3 Å². The highest BCUT2D eigenvalue weighted by Gasteiger charge is 2.37. The van der Waals surface area contributed by atoms with E-state index in [9.17, 15) is 9.59 Å². The summed E-state index contributed by atoms with van der Waals surface area (Å²) in [7, 11) is 0. The molecule has 3 rings (SSSR count). The van der Waals surface area contributed by atoms with Crippen LogP contribution in [0.5, 0.6) is 0 Å². The van der Waals surface area contributed by atoms with Gasteiger partial charge < -0.3 is 10.4 Å². The number of carbonyl (C=O) groups is 2. The molecule has 0 saturated heterocycles. The van der Waals surface area contributed by atoms with Gasteiger partial charge in [-0.2, -0.15) is 5.10 Å². The lowest BCUT2D eigenvalue weighted by atomic mass is 9.92. The van der Waals surface area contributed by atoms with Crippen molar-refractivity contribution < 1.29 is 14.7 Å². The minimum absolute atomic E-state index is 0.0247. The van der Waals surface area contributed by atoms with Crippen LogP contribution in [-0.4, -0.2) is 32.3 Å². The summed E-state index contributed by atoms with van der Waals surface area (Å²) in [5, 5.41) is 16.3. The van der Waals surface area contributed by atoms with E-state index >= 15 is 0 Å². The van der Waals surface area contributed by atoms with Crippen molar-refractivity contribution in [1.82, 2.24) is 15.1 Å². The highest BCUT2D eigenvalue weighted by Crippen LogP contribution is 2.33. The van der Waals surface area contributed by atoms with Gasteiger partial charge in [-0.3, -0.25) is 9.59 Å². The Kier molecular flexibility index (Phi) is 4.38. The van der Waals surface area contributed by atoms with Gasteiger partial charge in [0.15, 0.2) is 0 Å². The number of hydrogen-bond donors (Lipinski definition) is 2. The van der Waals surface area contributed by atoms with Crippen LogP contribution in [0, 0.1) is 6.92 Å². The van der Waals surface area contributed by atoms with Gasteiger partial charge in [0.25, 0.3) is 5.91 Å². The molecule has 0 bridgehead atoms. The van der Waals surface area contributed by atoms with E-state index in [0.29, 0.717) is 5.56 Å². The smallest absolute Gasteiger partial charge is 0.305 e. The molecule has 2 N–H and O–H groups in total. The molecule has 24 heavy (non-hydrogen) atoms. The number of carboxylic acid groups (broad SMARTS) is 1. The summed E-state index contributed by atoms with van der Waals surface area (Å²) >= 11 is 0. The molecule has 0 unspecified atom stereocenters. The van der Waals surface area contributed by atoms with Crippen LogP contribution in [0.3, 0.4) is 0 Å². The number of carboxylic acids is 1. The molecule has 1 aromatic heterocycles. The van der Waals surface area contributed by atoms with Crippen LogP contribution < -0.4 is 5.32 Å². The van der Waals surface area contributed by atoms with E-state index in [1.54, 1.807) is 16.9 Å². The minimum atomic E-state index is -0.873. The van der Waals surface area contributed by atoms with Gasteiger partial charge >= 0.3 is 5.97 Å². The first-order valence-electron chi connectivity index (χ1n) is 8.14. The van der Waals surface area contributed by atoms with Gasteiger partial charge in [0, 0.05) is 18.0 Å². The predicted molar refractivity (Wildman–Crippen MR) is 89.2 cm³/mol. The zero-order chi connectivity index (χ0) is 17.2. The van der Waals surface area contributed by atoms with Gasteiger partial charge in [-0.05, 0) is 49.6 Å². The van der Waals surface area contributed by atoms with Crippen LogP contribution in [0.1, 0.15) is 48.0 Å². The molecule has 6 nitrogen and oxygen atoms in total. The number of nitrogens with zero attached hydrogens (tertiary/aromatic N) is 2. The van der Waals surface area contributed by atoms with E-state index in [2.05, 4.69) is 10.4 Å². The third-order valence-corrected chi connectivity index (χ3v) is 4.64. The maximum Gasteiger partial charge on any atom is 0.305 e. The molecular weight excluding hydrogens is 306 g/mol. The third kappa shape index (κ3) is 3.32. The SMILES string of the molecule is Cc1cc(C(=O)NC2(CC(=O)O)CCCC2)ccc1-n1cccn1. The molecule has 0 atom stereocenters. The van der Waals surface area contributed by atoms with Crippen LogP contribution in [0.4, 0.5) is 0 Å². The Morgan fingerprint density at radius 3 is 2.67 bits per heavy atom. The number of carbonyl (C=O) groups excluding carboxylic acids is 1. The van der Waals surface area contributed by atoms with Crippen molar-refractivity contribution in [2.24, 2.45) is 0 Å². The van der Waals surface area contributed by atoms with Crippen LogP contribution >= 0.6 is 0 Å². The lowest BCUT2D eigenvalue weighted by molar-refractivity contribution is -0.138. The van der Waals surface area contributed by atoms with Crippen molar-refractivity contribution in [2.75, 3.05) is 0 Å². The van der Waals surface area contributed by atoms with Crippen molar-refractivity contribution in [3.63, 3.8) is 0 Å². The van der Waals surface area contributed by atoms with Gasteiger partial charge in [0.1, 0.15) is 0 Å². The Labute approximate surface area is 140 Å². The maximum atomic E-state index is 12.6. The average molecular weight is 327 g/mol. The van der Waals surface area contributed by atoms with Crippen molar-refractivity contribution in [3.8, 4) is 5.69 Å². The van der Waals surface area contributed by atoms with Crippen LogP contribution in [0.15, 0.2) is 36.7 Å². The van der Waals surface area contributed by atoms with Gasteiger partial charge in [-0.15, -0.1) is 0 Å². The third-order valence-electron chi connectivity index (χ3n) is 4.64. The largest absolute Gasteiger partial charge is 0.481 e. The molecule has 1 fully saturated rings. The van der Waals surface area contributed by atoms with Gasteiger partial charge in [-0.25, -0.2) is 4.68 Å². The van der Waals surface area contributed by atoms with E-state index in [1.165, 1.54) is 0 Å². The minimum Gasteiger partial charge on any atom is -0.481 e. The Hall–Kier alpha value is -2.63. The number of aryl methyl sites for hydroxylation is 1. The Bertz CT molecular complexity index is 747. The summed E-state index contributed by atoms with van der Waals surface area (Å²) in [5.74, 6) is -1.09. The highest BCUT2D eigenvalue weighted by atomic mass is 16.4. The van der Waals surface area contributed by atoms with E-state index in [4.69, 9.17) is 5.11 Å². The first-order chi connectivity index (χ1) is 11.5. The normalized spacial score (nSPS) is 16.0. The molecule has 1 aliphatic carbocycles. The summed E-state index contributed by atoms with van der Waals surface area (Å²) in [6.45, 7) is 1.93. The first kappa shape index (κ1) is 16.2. The number of nitrogens with one attached hydrogen (secondary N) is 1. The summed E-state index contributed by atoms with van der Waals surface area (Å²) in [6.07, 6.45) is 6.86. The second kappa shape index (κ2) is 6.47. The number of aromatic nitrogens is 2. The number of benzene rings is 1. The van der Waals surface area contributed by atoms with Crippen molar-refractivity contribution >= 4 is 11.9 Å². The number of aliphatic carboxylic acids is 1. The number of amides is 1. The van der Waals surface area contributed by atoms with E-state index in [-0.39, 0.29) is 12.3 Å². The molecule has 6 heteroatoms. The van der Waals surface area contributed by atoms with Gasteiger partial charge in [-0.1, -0.05) is 12.8 Å². The Morgan fingerprint density at radius 1 is 1.33 bits per heavy atom. The second-order valence-electron chi connectivity index (χ2n) is 6.46. The average Bonchev–Trinajstić information content (AvgIpc) is 3.18. The molecule has 1 aromatic carbocycles. The first-order valence-corrected chi connectivity index (χ1v) is 8.14. The fourth-order valence-corrected chi connectivity index (χ4v) is 3.47. The lowest BCUT2D eigenvalue weighted by Crippen LogP contribution is -2.47. The fourth-order valence-electron chi connectivity index (χ4n) is 3.47. The molecule has 126 valence electrons. The topological polar surface area (TPSA) is 84.2 Å². The van der Waals surface area contributed by atoms with Gasteiger partial charge in [0.2, 0.25) is 0 Å². The number of rotatable bonds is 5. The molecule has 1 heterocycles. The second-order valence-corrected chi connectivity index (χ2v) is 6.46. The maximum absolute atomic E-state index is 12.6. The summed E-state index contributed by atoms with van der Waals surface area (Å²) in [6, 6.07) is 7.27. The monoisotopic (exact) mass is 327 g/mol.